The van der Waals surface area contributed by atoms with E-state index in [1.54, 1.807) is 78.9 Å². The van der Waals surface area contributed by atoms with Gasteiger partial charge in [-0.15, -0.1) is 11.8 Å². The first-order chi connectivity index (χ1) is 18.5. The fourth-order valence-corrected chi connectivity index (χ4v) is 4.22. The number of carbonyl (C=O) groups is 3. The monoisotopic (exact) mass is 526 g/mol. The Hall–Kier alpha value is -4.56. The highest BCUT2D eigenvalue weighted by Gasteiger charge is 2.16. The molecule has 4 rings (SSSR count). The number of hydrogen-bond acceptors (Lipinski definition) is 6. The smallest absolute Gasteiger partial charge is 0.272 e. The topological polar surface area (TPSA) is 97.6 Å². The van der Waals surface area contributed by atoms with Crippen molar-refractivity contribution in [1.82, 2.24) is 5.32 Å². The summed E-state index contributed by atoms with van der Waals surface area (Å²) in [5, 5.41) is 5.46. The molecule has 0 aliphatic rings. The molecule has 2 N–H and O–H groups in total. The maximum absolute atomic E-state index is 13.0. The Morgan fingerprint density at radius 1 is 0.868 bits per heavy atom. The summed E-state index contributed by atoms with van der Waals surface area (Å²) in [5.41, 5.74) is 1.62. The van der Waals surface area contributed by atoms with Gasteiger partial charge in [-0.2, -0.15) is 0 Å². The van der Waals surface area contributed by atoms with Gasteiger partial charge in [-0.05, 0) is 79.7 Å². The van der Waals surface area contributed by atoms with Crippen molar-refractivity contribution in [2.45, 2.75) is 11.8 Å². The van der Waals surface area contributed by atoms with Crippen LogP contribution < -0.4 is 15.4 Å². The molecule has 0 bridgehead atoms. The van der Waals surface area contributed by atoms with E-state index in [0.717, 1.165) is 10.6 Å². The first kappa shape index (κ1) is 26.5. The molecule has 0 fully saturated rings. The standard InChI is InChI=1S/C30H26N2O5S/c1-2-36-24-14-10-21(11-15-24)28(33)20-38-26-16-12-23(13-17-26)31-30(35)27(19-25-9-6-18-37-25)32-29(34)22-7-4-3-5-8-22/h3-19H,2,20H2,1H3,(H,31,35)(H,32,34)/b27-19-. The Kier molecular flexibility index (Phi) is 9.15. The van der Waals surface area contributed by atoms with Crippen LogP contribution >= 0.6 is 11.8 Å². The van der Waals surface area contributed by atoms with Gasteiger partial charge >= 0.3 is 0 Å². The molecule has 0 spiro atoms. The highest BCUT2D eigenvalue weighted by Crippen LogP contribution is 2.23. The minimum absolute atomic E-state index is 0.0114. The van der Waals surface area contributed by atoms with Gasteiger partial charge in [0.1, 0.15) is 17.2 Å². The molecule has 7 nitrogen and oxygen atoms in total. The van der Waals surface area contributed by atoms with Gasteiger partial charge in [0, 0.05) is 27.8 Å². The van der Waals surface area contributed by atoms with Crippen LogP contribution in [0.25, 0.3) is 6.08 Å². The second kappa shape index (κ2) is 13.1. The second-order valence-electron chi connectivity index (χ2n) is 8.04. The van der Waals surface area contributed by atoms with Crippen LogP contribution in [-0.4, -0.2) is 30.0 Å². The third-order valence-electron chi connectivity index (χ3n) is 5.33. The summed E-state index contributed by atoms with van der Waals surface area (Å²) in [5.74, 6) is 0.529. The van der Waals surface area contributed by atoms with Crippen molar-refractivity contribution in [3.8, 4) is 5.75 Å². The van der Waals surface area contributed by atoms with Crippen molar-refractivity contribution in [2.75, 3.05) is 17.7 Å². The second-order valence-corrected chi connectivity index (χ2v) is 9.09. The van der Waals surface area contributed by atoms with Crippen LogP contribution in [0, 0.1) is 0 Å². The summed E-state index contributed by atoms with van der Waals surface area (Å²) >= 11 is 1.41. The van der Waals surface area contributed by atoms with Crippen LogP contribution in [0.2, 0.25) is 0 Å². The average Bonchev–Trinajstić information content (AvgIpc) is 3.46. The van der Waals surface area contributed by atoms with Gasteiger partial charge in [0.25, 0.3) is 11.8 Å². The molecular weight excluding hydrogens is 500 g/mol. The lowest BCUT2D eigenvalue weighted by Gasteiger charge is -2.11. The highest BCUT2D eigenvalue weighted by molar-refractivity contribution is 8.00. The summed E-state index contributed by atoms with van der Waals surface area (Å²) in [6.07, 6.45) is 2.95. The maximum Gasteiger partial charge on any atom is 0.272 e. The molecule has 192 valence electrons. The molecule has 38 heavy (non-hydrogen) atoms. The van der Waals surface area contributed by atoms with Gasteiger partial charge in [-0.25, -0.2) is 0 Å². The number of ether oxygens (including phenoxy) is 1. The lowest BCUT2D eigenvalue weighted by molar-refractivity contribution is -0.113. The Labute approximate surface area is 224 Å². The van der Waals surface area contributed by atoms with E-state index in [4.69, 9.17) is 9.15 Å². The summed E-state index contributed by atoms with van der Waals surface area (Å²) in [6.45, 7) is 2.48. The minimum Gasteiger partial charge on any atom is -0.494 e. The largest absolute Gasteiger partial charge is 0.494 e. The van der Waals surface area contributed by atoms with Crippen LogP contribution in [0.1, 0.15) is 33.4 Å². The molecular formula is C30H26N2O5S. The van der Waals surface area contributed by atoms with Gasteiger partial charge < -0.3 is 19.8 Å². The Morgan fingerprint density at radius 3 is 2.26 bits per heavy atom. The number of anilines is 1. The predicted octanol–water partition coefficient (Wildman–Crippen LogP) is 6.06. The molecule has 0 atom stereocenters. The number of Topliss-reactive ketones (excluding diaryl/α,β-unsaturated/α-hetero) is 1. The molecule has 1 aromatic heterocycles. The van der Waals surface area contributed by atoms with Gasteiger partial charge in [-0.1, -0.05) is 18.2 Å². The summed E-state index contributed by atoms with van der Waals surface area (Å²) in [6, 6.07) is 26.2. The van der Waals surface area contributed by atoms with E-state index in [-0.39, 0.29) is 17.2 Å². The minimum atomic E-state index is -0.503. The molecule has 0 aliphatic carbocycles. The quantitative estimate of drug-likeness (QED) is 0.140. The maximum atomic E-state index is 13.0. The number of carbonyl (C=O) groups excluding carboxylic acids is 3. The third-order valence-corrected chi connectivity index (χ3v) is 6.34. The van der Waals surface area contributed by atoms with Crippen molar-refractivity contribution in [2.24, 2.45) is 0 Å². The number of furan rings is 1. The van der Waals surface area contributed by atoms with Crippen LogP contribution in [0.5, 0.6) is 5.75 Å². The van der Waals surface area contributed by atoms with Crippen molar-refractivity contribution < 1.29 is 23.5 Å². The molecule has 3 aromatic carbocycles. The normalized spacial score (nSPS) is 11.0. The van der Waals surface area contributed by atoms with Gasteiger partial charge in [0.15, 0.2) is 5.78 Å². The molecule has 0 unspecified atom stereocenters. The van der Waals surface area contributed by atoms with Crippen LogP contribution in [-0.2, 0) is 4.79 Å². The van der Waals surface area contributed by atoms with E-state index in [0.29, 0.717) is 29.2 Å². The SMILES string of the molecule is CCOc1ccc(C(=O)CSc2ccc(NC(=O)/C(=C/c3ccco3)NC(=O)c3ccccc3)cc2)cc1. The van der Waals surface area contributed by atoms with Crippen molar-refractivity contribution in [3.05, 3.63) is 120 Å². The van der Waals surface area contributed by atoms with Crippen molar-refractivity contribution in [3.63, 3.8) is 0 Å². The molecule has 4 aromatic rings. The third kappa shape index (κ3) is 7.47. The number of hydrogen-bond donors (Lipinski definition) is 2. The Bertz CT molecular complexity index is 1400. The summed E-state index contributed by atoms with van der Waals surface area (Å²) in [4.78, 5) is 39.1. The fourth-order valence-electron chi connectivity index (χ4n) is 3.43. The van der Waals surface area contributed by atoms with E-state index >= 15 is 0 Å². The van der Waals surface area contributed by atoms with Crippen LogP contribution in [0.3, 0.4) is 0 Å². The van der Waals surface area contributed by atoms with E-state index in [1.165, 1.54) is 24.1 Å². The van der Waals surface area contributed by atoms with Crippen molar-refractivity contribution >= 4 is 41.1 Å². The molecule has 0 saturated carbocycles. The van der Waals surface area contributed by atoms with Gasteiger partial charge in [-0.3, -0.25) is 14.4 Å². The van der Waals surface area contributed by atoms with Gasteiger partial charge in [0.05, 0.1) is 18.6 Å². The molecule has 8 heteroatoms. The van der Waals surface area contributed by atoms with E-state index in [1.807, 2.05) is 19.1 Å². The number of thioether (sulfide) groups is 1. The van der Waals surface area contributed by atoms with E-state index < -0.39 is 11.8 Å². The van der Waals surface area contributed by atoms with Crippen LogP contribution in [0.4, 0.5) is 5.69 Å². The Balaban J connectivity index is 1.37. The molecule has 0 aliphatic heterocycles. The predicted molar refractivity (Wildman–Crippen MR) is 148 cm³/mol. The fraction of sp³-hybridized carbons (Fsp3) is 0.100. The summed E-state index contributed by atoms with van der Waals surface area (Å²) in [7, 11) is 0. The summed E-state index contributed by atoms with van der Waals surface area (Å²) < 4.78 is 10.7. The molecule has 0 saturated heterocycles. The number of nitrogens with one attached hydrogen (secondary N) is 2. The lowest BCUT2D eigenvalue weighted by atomic mass is 10.1. The average molecular weight is 527 g/mol. The molecule has 2 amide bonds. The van der Waals surface area contributed by atoms with Gasteiger partial charge in [0.2, 0.25) is 0 Å². The Morgan fingerprint density at radius 2 is 1.61 bits per heavy atom. The zero-order chi connectivity index (χ0) is 26.7. The first-order valence-corrected chi connectivity index (χ1v) is 12.9. The zero-order valence-corrected chi connectivity index (χ0v) is 21.5. The number of benzene rings is 3. The molecule has 0 radical (unpaired) electrons. The number of amides is 2. The number of ketones is 1. The van der Waals surface area contributed by atoms with Crippen molar-refractivity contribution in [1.29, 1.82) is 0 Å². The van der Waals surface area contributed by atoms with E-state index in [9.17, 15) is 14.4 Å². The number of rotatable bonds is 11. The zero-order valence-electron chi connectivity index (χ0n) is 20.7. The van der Waals surface area contributed by atoms with E-state index in [2.05, 4.69) is 10.6 Å². The first-order valence-electron chi connectivity index (χ1n) is 11.9. The lowest BCUT2D eigenvalue weighted by Crippen LogP contribution is -2.30. The highest BCUT2D eigenvalue weighted by atomic mass is 32.2. The molecule has 1 heterocycles. The van der Waals surface area contributed by atoms with Crippen LogP contribution in [0.15, 0.2) is 112 Å².